The van der Waals surface area contributed by atoms with E-state index >= 15 is 0 Å². The third kappa shape index (κ3) is 4.26. The van der Waals surface area contributed by atoms with Crippen LogP contribution in [0.3, 0.4) is 0 Å². The van der Waals surface area contributed by atoms with Gasteiger partial charge in [-0.15, -0.1) is 6.58 Å². The molecule has 0 amide bonds. The van der Waals surface area contributed by atoms with Crippen LogP contribution < -0.4 is 4.72 Å². The van der Waals surface area contributed by atoms with Gasteiger partial charge < -0.3 is 4.57 Å². The second kappa shape index (κ2) is 7.88. The third-order valence-corrected chi connectivity index (χ3v) is 6.05. The van der Waals surface area contributed by atoms with Crippen LogP contribution in [0.2, 0.25) is 5.02 Å². The molecule has 0 bridgehead atoms. The molecule has 3 aromatic rings. The molecule has 0 spiro atoms. The molecule has 0 saturated heterocycles. The van der Waals surface area contributed by atoms with Crippen molar-refractivity contribution in [3.05, 3.63) is 76.4 Å². The number of rotatable bonds is 6. The molecule has 0 saturated carbocycles. The zero-order chi connectivity index (χ0) is 19.6. The summed E-state index contributed by atoms with van der Waals surface area (Å²) < 4.78 is 30.6. The van der Waals surface area contributed by atoms with Crippen LogP contribution in [0.5, 0.6) is 0 Å². The average Bonchev–Trinajstić information content (AvgIpc) is 2.92. The number of halogens is 2. The summed E-state index contributed by atoms with van der Waals surface area (Å²) in [5.41, 5.74) is 2.35. The van der Waals surface area contributed by atoms with Crippen molar-refractivity contribution in [2.24, 2.45) is 0 Å². The van der Waals surface area contributed by atoms with Gasteiger partial charge in [-0.05, 0) is 37.3 Å². The lowest BCUT2D eigenvalue weighted by molar-refractivity contribution is 0.600. The van der Waals surface area contributed by atoms with E-state index in [0.29, 0.717) is 21.7 Å². The van der Waals surface area contributed by atoms with Crippen molar-refractivity contribution in [1.29, 1.82) is 0 Å². The molecule has 5 nitrogen and oxygen atoms in total. The predicted octanol–water partition coefficient (Wildman–Crippen LogP) is 5.26. The molecule has 0 aliphatic heterocycles. The van der Waals surface area contributed by atoms with Gasteiger partial charge in [0.05, 0.1) is 10.6 Å². The Morgan fingerprint density at radius 2 is 1.96 bits per heavy atom. The van der Waals surface area contributed by atoms with E-state index in [1.807, 2.05) is 19.1 Å². The van der Waals surface area contributed by atoms with Crippen LogP contribution in [0.4, 0.5) is 5.95 Å². The summed E-state index contributed by atoms with van der Waals surface area (Å²) in [6.45, 7) is 6.05. The van der Waals surface area contributed by atoms with E-state index in [2.05, 4.69) is 32.2 Å². The molecule has 27 heavy (non-hydrogen) atoms. The SMILES string of the molecule is C=CCn1c(NS(=O)(=O)c2cccc(Br)c2)nc(-c2ccc(Cl)cc2)c1C. The van der Waals surface area contributed by atoms with Gasteiger partial charge in [-0.1, -0.05) is 51.8 Å². The van der Waals surface area contributed by atoms with Crippen LogP contribution in [0, 0.1) is 6.92 Å². The maximum Gasteiger partial charge on any atom is 0.264 e. The summed E-state index contributed by atoms with van der Waals surface area (Å²) in [4.78, 5) is 4.68. The van der Waals surface area contributed by atoms with Crippen molar-refractivity contribution >= 4 is 43.5 Å². The van der Waals surface area contributed by atoms with Crippen LogP contribution >= 0.6 is 27.5 Å². The number of anilines is 1. The Hall–Kier alpha value is -2.09. The van der Waals surface area contributed by atoms with Gasteiger partial charge >= 0.3 is 0 Å². The Bertz CT molecular complexity index is 1090. The van der Waals surface area contributed by atoms with Crippen molar-refractivity contribution < 1.29 is 8.42 Å². The summed E-state index contributed by atoms with van der Waals surface area (Å²) in [5, 5.41) is 0.623. The summed E-state index contributed by atoms with van der Waals surface area (Å²) in [6, 6.07) is 13.7. The lowest BCUT2D eigenvalue weighted by Gasteiger charge is -2.10. The molecule has 0 unspecified atom stereocenters. The molecule has 0 fully saturated rings. The minimum atomic E-state index is -3.79. The van der Waals surface area contributed by atoms with Crippen molar-refractivity contribution in [3.63, 3.8) is 0 Å². The normalized spacial score (nSPS) is 11.4. The van der Waals surface area contributed by atoms with Crippen molar-refractivity contribution in [2.45, 2.75) is 18.4 Å². The fourth-order valence-electron chi connectivity index (χ4n) is 2.66. The molecule has 1 N–H and O–H groups in total. The highest BCUT2D eigenvalue weighted by Gasteiger charge is 2.21. The molecule has 1 aromatic heterocycles. The number of nitrogens with zero attached hydrogens (tertiary/aromatic N) is 2. The molecule has 0 aliphatic carbocycles. The number of sulfonamides is 1. The van der Waals surface area contributed by atoms with E-state index in [4.69, 9.17) is 11.6 Å². The van der Waals surface area contributed by atoms with Crippen molar-refractivity contribution in [1.82, 2.24) is 9.55 Å². The second-order valence-corrected chi connectivity index (χ2v) is 8.87. The molecular weight excluding hydrogens is 450 g/mol. The number of hydrogen-bond acceptors (Lipinski definition) is 3. The first-order valence-corrected chi connectivity index (χ1v) is 10.7. The fourth-order valence-corrected chi connectivity index (χ4v) is 4.39. The van der Waals surface area contributed by atoms with Crippen LogP contribution in [0.25, 0.3) is 11.3 Å². The monoisotopic (exact) mass is 465 g/mol. The van der Waals surface area contributed by atoms with Gasteiger partial charge in [-0.3, -0.25) is 0 Å². The number of hydrogen-bond donors (Lipinski definition) is 1. The van der Waals surface area contributed by atoms with Gasteiger partial charge in [0.1, 0.15) is 0 Å². The smallest absolute Gasteiger partial charge is 0.264 e. The standard InChI is InChI=1S/C19H17BrClN3O2S/c1-3-11-24-13(2)18(14-7-9-16(21)10-8-14)22-19(24)23-27(25,26)17-6-4-5-15(20)12-17/h3-10,12H,1,11H2,2H3,(H,22,23). The Labute approximate surface area is 171 Å². The van der Waals surface area contributed by atoms with Crippen molar-refractivity contribution in [2.75, 3.05) is 4.72 Å². The van der Waals surface area contributed by atoms with E-state index in [1.54, 1.807) is 34.9 Å². The highest BCUT2D eigenvalue weighted by atomic mass is 79.9. The van der Waals surface area contributed by atoms with Gasteiger partial charge in [0, 0.05) is 27.3 Å². The number of imidazole rings is 1. The summed E-state index contributed by atoms with van der Waals surface area (Å²) in [5.74, 6) is 0.234. The molecule has 0 aliphatic rings. The summed E-state index contributed by atoms with van der Waals surface area (Å²) in [7, 11) is -3.79. The van der Waals surface area contributed by atoms with E-state index in [0.717, 1.165) is 11.3 Å². The molecule has 0 atom stereocenters. The minimum absolute atomic E-state index is 0.149. The van der Waals surface area contributed by atoms with E-state index in [9.17, 15) is 8.42 Å². The molecule has 0 radical (unpaired) electrons. The van der Waals surface area contributed by atoms with Gasteiger partial charge in [-0.2, -0.15) is 0 Å². The van der Waals surface area contributed by atoms with Gasteiger partial charge in [-0.25, -0.2) is 18.1 Å². The Kier molecular flexibility index (Phi) is 5.74. The first kappa shape index (κ1) is 19.7. The zero-order valence-corrected chi connectivity index (χ0v) is 17.6. The molecule has 2 aromatic carbocycles. The predicted molar refractivity (Wildman–Crippen MR) is 113 cm³/mol. The van der Waals surface area contributed by atoms with Crippen molar-refractivity contribution in [3.8, 4) is 11.3 Å². The number of aromatic nitrogens is 2. The Balaban J connectivity index is 2.05. The third-order valence-electron chi connectivity index (χ3n) is 3.98. The van der Waals surface area contributed by atoms with Gasteiger partial charge in [0.2, 0.25) is 5.95 Å². The van der Waals surface area contributed by atoms with E-state index in [-0.39, 0.29) is 10.8 Å². The van der Waals surface area contributed by atoms with E-state index in [1.165, 1.54) is 12.1 Å². The zero-order valence-electron chi connectivity index (χ0n) is 14.5. The average molecular weight is 467 g/mol. The maximum atomic E-state index is 12.8. The first-order valence-electron chi connectivity index (χ1n) is 8.04. The molecule has 8 heteroatoms. The molecule has 1 heterocycles. The number of benzene rings is 2. The lowest BCUT2D eigenvalue weighted by Crippen LogP contribution is -2.17. The first-order chi connectivity index (χ1) is 12.8. The van der Waals surface area contributed by atoms with E-state index < -0.39 is 10.0 Å². The van der Waals surface area contributed by atoms with Crippen LogP contribution in [-0.4, -0.2) is 18.0 Å². The minimum Gasteiger partial charge on any atom is -0.310 e. The number of nitrogens with one attached hydrogen (secondary N) is 1. The van der Waals surface area contributed by atoms with Gasteiger partial charge in [0.25, 0.3) is 10.0 Å². The molecule has 140 valence electrons. The molecular formula is C19H17BrClN3O2S. The van der Waals surface area contributed by atoms with Crippen LogP contribution in [0.15, 0.2) is 70.6 Å². The summed E-state index contributed by atoms with van der Waals surface area (Å²) in [6.07, 6.45) is 1.69. The maximum absolute atomic E-state index is 12.8. The van der Waals surface area contributed by atoms with Crippen LogP contribution in [-0.2, 0) is 16.6 Å². The quantitative estimate of drug-likeness (QED) is 0.504. The fraction of sp³-hybridized carbons (Fsp3) is 0.105. The Morgan fingerprint density at radius 3 is 2.59 bits per heavy atom. The Morgan fingerprint density at radius 1 is 1.26 bits per heavy atom. The largest absolute Gasteiger partial charge is 0.310 e. The lowest BCUT2D eigenvalue weighted by atomic mass is 10.1. The van der Waals surface area contributed by atoms with Crippen LogP contribution in [0.1, 0.15) is 5.69 Å². The molecule has 3 rings (SSSR count). The second-order valence-electron chi connectivity index (χ2n) is 5.84. The van der Waals surface area contributed by atoms with Gasteiger partial charge in [0.15, 0.2) is 0 Å². The highest BCUT2D eigenvalue weighted by Crippen LogP contribution is 2.28. The highest BCUT2D eigenvalue weighted by molar-refractivity contribution is 9.10. The number of allylic oxidation sites excluding steroid dienone is 1. The topological polar surface area (TPSA) is 64.0 Å². The summed E-state index contributed by atoms with van der Waals surface area (Å²) >= 11 is 9.25.